The Kier molecular flexibility index (Phi) is 8.91. The smallest absolute Gasteiger partial charge is 0.150 e. The number of benzene rings is 4. The third-order valence-electron chi connectivity index (χ3n) is 4.81. The predicted octanol–water partition coefficient (Wildman–Crippen LogP) is 6.45. The summed E-state index contributed by atoms with van der Waals surface area (Å²) in [5.74, 6) is 0. The minimum Gasteiger partial charge on any atom is -0.388 e. The summed E-state index contributed by atoms with van der Waals surface area (Å²) in [6.07, 6.45) is 0.901. The van der Waals surface area contributed by atoms with Crippen molar-refractivity contribution in [2.75, 3.05) is 23.0 Å². The second kappa shape index (κ2) is 12.6. The van der Waals surface area contributed by atoms with Gasteiger partial charge in [-0.2, -0.15) is 0 Å². The van der Waals surface area contributed by atoms with Crippen LogP contribution in [0.2, 0.25) is 0 Å². The predicted molar refractivity (Wildman–Crippen MR) is 135 cm³/mol. The lowest BCUT2D eigenvalue weighted by Gasteiger charge is -2.11. The molecule has 4 aromatic rings. The van der Waals surface area contributed by atoms with Gasteiger partial charge in [0.15, 0.2) is 0 Å². The van der Waals surface area contributed by atoms with Gasteiger partial charge in [0.1, 0.15) is 6.29 Å². The molecule has 162 valence electrons. The SMILES string of the molecule is CNc1ccccc1.O=Cc1cc(CNc2ccccc2)cc(CNc2ccccc2)c1. The summed E-state index contributed by atoms with van der Waals surface area (Å²) in [4.78, 5) is 11.2. The van der Waals surface area contributed by atoms with E-state index in [0.717, 1.165) is 34.5 Å². The summed E-state index contributed by atoms with van der Waals surface area (Å²) < 4.78 is 0. The number of rotatable bonds is 8. The molecule has 0 aliphatic heterocycles. The Bertz CT molecular complexity index is 1010. The van der Waals surface area contributed by atoms with E-state index in [9.17, 15) is 4.79 Å². The second-order valence-corrected chi connectivity index (χ2v) is 7.26. The van der Waals surface area contributed by atoms with Crippen LogP contribution in [-0.4, -0.2) is 13.3 Å². The maximum atomic E-state index is 11.2. The molecule has 0 aliphatic carbocycles. The lowest BCUT2D eigenvalue weighted by Crippen LogP contribution is -2.04. The third kappa shape index (κ3) is 7.65. The Morgan fingerprint density at radius 3 is 1.34 bits per heavy atom. The summed E-state index contributed by atoms with van der Waals surface area (Å²) in [7, 11) is 1.91. The van der Waals surface area contributed by atoms with Crippen LogP contribution in [0, 0.1) is 0 Å². The van der Waals surface area contributed by atoms with Crippen LogP contribution in [0.25, 0.3) is 0 Å². The van der Waals surface area contributed by atoms with Crippen LogP contribution in [0.4, 0.5) is 17.1 Å². The number of anilines is 3. The van der Waals surface area contributed by atoms with E-state index in [1.165, 1.54) is 0 Å². The molecule has 0 atom stereocenters. The van der Waals surface area contributed by atoms with Gasteiger partial charge in [-0.1, -0.05) is 60.7 Å². The van der Waals surface area contributed by atoms with Crippen LogP contribution in [0.15, 0.2) is 109 Å². The minimum absolute atomic E-state index is 0.685. The van der Waals surface area contributed by atoms with Crippen LogP contribution in [0.3, 0.4) is 0 Å². The zero-order chi connectivity index (χ0) is 22.4. The number of hydrogen-bond donors (Lipinski definition) is 3. The number of nitrogens with one attached hydrogen (secondary N) is 3. The molecule has 32 heavy (non-hydrogen) atoms. The summed E-state index contributed by atoms with van der Waals surface area (Å²) in [6.45, 7) is 1.37. The van der Waals surface area contributed by atoms with E-state index in [4.69, 9.17) is 0 Å². The van der Waals surface area contributed by atoms with E-state index in [2.05, 4.69) is 22.0 Å². The number of para-hydroxylation sites is 3. The number of hydrogen-bond acceptors (Lipinski definition) is 4. The Morgan fingerprint density at radius 2 is 1.00 bits per heavy atom. The van der Waals surface area contributed by atoms with Gasteiger partial charge in [0.2, 0.25) is 0 Å². The molecular formula is C28H29N3O. The van der Waals surface area contributed by atoms with Crippen LogP contribution >= 0.6 is 0 Å². The van der Waals surface area contributed by atoms with Crippen LogP contribution in [0.5, 0.6) is 0 Å². The van der Waals surface area contributed by atoms with Gasteiger partial charge < -0.3 is 16.0 Å². The van der Waals surface area contributed by atoms with Crippen molar-refractivity contribution in [3.05, 3.63) is 126 Å². The van der Waals surface area contributed by atoms with Crippen molar-refractivity contribution < 1.29 is 4.79 Å². The Labute approximate surface area is 190 Å². The molecule has 0 radical (unpaired) electrons. The van der Waals surface area contributed by atoms with Gasteiger partial charge in [-0.3, -0.25) is 4.79 Å². The largest absolute Gasteiger partial charge is 0.388 e. The zero-order valence-corrected chi connectivity index (χ0v) is 18.3. The fourth-order valence-corrected chi connectivity index (χ4v) is 3.19. The molecule has 0 fully saturated rings. The molecular weight excluding hydrogens is 394 g/mol. The molecule has 0 heterocycles. The highest BCUT2D eigenvalue weighted by atomic mass is 16.1. The quantitative estimate of drug-likeness (QED) is 0.285. The topological polar surface area (TPSA) is 53.2 Å². The van der Waals surface area contributed by atoms with E-state index in [-0.39, 0.29) is 0 Å². The fraction of sp³-hybridized carbons (Fsp3) is 0.107. The van der Waals surface area contributed by atoms with Gasteiger partial charge in [0.05, 0.1) is 0 Å². The van der Waals surface area contributed by atoms with Gasteiger partial charge in [-0.05, 0) is 59.7 Å². The number of aldehydes is 1. The molecule has 0 spiro atoms. The highest BCUT2D eigenvalue weighted by molar-refractivity contribution is 5.75. The van der Waals surface area contributed by atoms with E-state index in [1.54, 1.807) is 0 Å². The molecule has 4 heteroatoms. The van der Waals surface area contributed by atoms with Crippen molar-refractivity contribution in [2.24, 2.45) is 0 Å². The van der Waals surface area contributed by atoms with Gasteiger partial charge in [-0.15, -0.1) is 0 Å². The van der Waals surface area contributed by atoms with Gasteiger partial charge in [0.25, 0.3) is 0 Å². The molecule has 4 nitrogen and oxygen atoms in total. The van der Waals surface area contributed by atoms with Crippen molar-refractivity contribution in [3.8, 4) is 0 Å². The first kappa shape index (κ1) is 22.6. The lowest BCUT2D eigenvalue weighted by atomic mass is 10.1. The fourth-order valence-electron chi connectivity index (χ4n) is 3.19. The molecule has 0 unspecified atom stereocenters. The second-order valence-electron chi connectivity index (χ2n) is 7.26. The van der Waals surface area contributed by atoms with Gasteiger partial charge in [0, 0.05) is 42.8 Å². The Hall–Kier alpha value is -4.05. The Balaban J connectivity index is 0.000000305. The number of carbonyl (C=O) groups excluding carboxylic acids is 1. The first-order valence-corrected chi connectivity index (χ1v) is 10.7. The molecule has 0 bridgehead atoms. The summed E-state index contributed by atoms with van der Waals surface area (Å²) in [5, 5.41) is 9.78. The van der Waals surface area contributed by atoms with Crippen molar-refractivity contribution in [3.63, 3.8) is 0 Å². The summed E-state index contributed by atoms with van der Waals surface area (Å²) in [6, 6.07) is 36.1. The molecule has 0 aliphatic rings. The van der Waals surface area contributed by atoms with Crippen molar-refractivity contribution >= 4 is 23.3 Å². The van der Waals surface area contributed by atoms with E-state index < -0.39 is 0 Å². The van der Waals surface area contributed by atoms with E-state index in [0.29, 0.717) is 18.7 Å². The number of carbonyl (C=O) groups is 1. The van der Waals surface area contributed by atoms with Crippen LogP contribution in [-0.2, 0) is 13.1 Å². The molecule has 3 N–H and O–H groups in total. The average Bonchev–Trinajstić information content (AvgIpc) is 2.88. The monoisotopic (exact) mass is 423 g/mol. The molecule has 0 saturated carbocycles. The zero-order valence-electron chi connectivity index (χ0n) is 18.3. The molecule has 0 saturated heterocycles. The molecule has 4 rings (SSSR count). The third-order valence-corrected chi connectivity index (χ3v) is 4.81. The normalized spacial score (nSPS) is 9.78. The maximum Gasteiger partial charge on any atom is 0.150 e. The van der Waals surface area contributed by atoms with Crippen LogP contribution < -0.4 is 16.0 Å². The molecule has 4 aromatic carbocycles. The van der Waals surface area contributed by atoms with E-state index in [1.807, 2.05) is 110 Å². The maximum absolute atomic E-state index is 11.2. The molecule has 0 amide bonds. The lowest BCUT2D eigenvalue weighted by molar-refractivity contribution is 0.112. The summed E-state index contributed by atoms with van der Waals surface area (Å²) in [5.41, 5.74) is 6.18. The average molecular weight is 424 g/mol. The van der Waals surface area contributed by atoms with Gasteiger partial charge in [-0.25, -0.2) is 0 Å². The van der Waals surface area contributed by atoms with Crippen LogP contribution in [0.1, 0.15) is 21.5 Å². The first-order chi connectivity index (χ1) is 15.8. The summed E-state index contributed by atoms with van der Waals surface area (Å²) >= 11 is 0. The van der Waals surface area contributed by atoms with Crippen molar-refractivity contribution in [1.82, 2.24) is 0 Å². The Morgan fingerprint density at radius 1 is 0.594 bits per heavy atom. The standard InChI is InChI=1S/C21H20N2O.C7H9N/c24-16-19-12-17(14-22-20-7-3-1-4-8-20)11-18(13-19)15-23-21-9-5-2-6-10-21;1-8-7-5-3-2-4-6-7/h1-13,16,22-23H,14-15H2;2-6,8H,1H3. The van der Waals surface area contributed by atoms with Crippen molar-refractivity contribution in [1.29, 1.82) is 0 Å². The highest BCUT2D eigenvalue weighted by Gasteiger charge is 2.02. The highest BCUT2D eigenvalue weighted by Crippen LogP contribution is 2.14. The molecule has 0 aromatic heterocycles. The van der Waals surface area contributed by atoms with Crippen molar-refractivity contribution in [2.45, 2.75) is 13.1 Å². The first-order valence-electron chi connectivity index (χ1n) is 10.7. The minimum atomic E-state index is 0.685. The van der Waals surface area contributed by atoms with Gasteiger partial charge >= 0.3 is 0 Å². The van der Waals surface area contributed by atoms with E-state index >= 15 is 0 Å².